The van der Waals surface area contributed by atoms with Gasteiger partial charge in [-0.15, -0.1) is 0 Å². The Morgan fingerprint density at radius 1 is 1.16 bits per heavy atom. The van der Waals surface area contributed by atoms with Gasteiger partial charge >= 0.3 is 5.97 Å². The molecule has 1 amide bonds. The molecule has 2 aliphatic rings. The number of nitrogens with one attached hydrogen (secondary N) is 1. The number of hydrogen-bond donors (Lipinski definition) is 2. The molecule has 1 spiro atoms. The minimum atomic E-state index is -0.888. The summed E-state index contributed by atoms with van der Waals surface area (Å²) in [6, 6.07) is 0. The van der Waals surface area contributed by atoms with E-state index in [0.29, 0.717) is 12.3 Å². The van der Waals surface area contributed by atoms with Crippen LogP contribution in [0.15, 0.2) is 0 Å². The molecule has 0 bridgehead atoms. The summed E-state index contributed by atoms with van der Waals surface area (Å²) in [7, 11) is 0. The molecule has 0 aromatic heterocycles. The molecule has 2 N–H and O–H groups in total. The number of carbonyl (C=O) groups is 2. The summed E-state index contributed by atoms with van der Waals surface area (Å²) in [4.78, 5) is 24.5. The van der Waals surface area contributed by atoms with Crippen LogP contribution in [0.4, 0.5) is 0 Å². The molecule has 1 saturated carbocycles. The summed E-state index contributed by atoms with van der Waals surface area (Å²) >= 11 is 0. The quantitative estimate of drug-likeness (QED) is 0.541. The molecule has 144 valence electrons. The van der Waals surface area contributed by atoms with Gasteiger partial charge in [-0.25, -0.2) is 0 Å². The van der Waals surface area contributed by atoms with E-state index in [0.717, 1.165) is 38.5 Å². The van der Waals surface area contributed by atoms with Crippen LogP contribution in [0.2, 0.25) is 0 Å². The van der Waals surface area contributed by atoms with Gasteiger partial charge in [0.25, 0.3) is 0 Å². The van der Waals surface area contributed by atoms with Crippen LogP contribution in [0, 0.1) is 11.3 Å². The Kier molecular flexibility index (Phi) is 7.33. The third-order valence-electron chi connectivity index (χ3n) is 6.62. The van der Waals surface area contributed by atoms with E-state index in [1.54, 1.807) is 0 Å². The predicted octanol–water partition coefficient (Wildman–Crippen LogP) is 5.06. The number of amides is 1. The summed E-state index contributed by atoms with van der Waals surface area (Å²) in [5, 5.41) is 13.2. The Labute approximate surface area is 153 Å². The number of aliphatic carboxylic acids is 1. The van der Waals surface area contributed by atoms with Crippen molar-refractivity contribution in [3.05, 3.63) is 0 Å². The van der Waals surface area contributed by atoms with E-state index >= 15 is 0 Å². The third-order valence-corrected chi connectivity index (χ3v) is 6.62. The fourth-order valence-corrected chi connectivity index (χ4v) is 5.25. The van der Waals surface area contributed by atoms with Gasteiger partial charge in [0.05, 0.1) is 11.0 Å². The molecular weight excluding hydrogens is 314 g/mol. The zero-order valence-corrected chi connectivity index (χ0v) is 16.2. The van der Waals surface area contributed by atoms with Crippen LogP contribution >= 0.6 is 0 Å². The SMILES string of the molecule is CCCCCCCCCCC1(C(=O)O)CC(=O)NC12CCCC(C)C2. The molecule has 25 heavy (non-hydrogen) atoms. The van der Waals surface area contributed by atoms with Crippen LogP contribution in [0.25, 0.3) is 0 Å². The number of carbonyl (C=O) groups excluding carboxylic acids is 1. The highest BCUT2D eigenvalue weighted by Gasteiger charge is 2.62. The van der Waals surface area contributed by atoms with E-state index in [1.807, 2.05) is 0 Å². The highest BCUT2D eigenvalue weighted by Crippen LogP contribution is 2.52. The second-order valence-corrected chi connectivity index (χ2v) is 8.62. The summed E-state index contributed by atoms with van der Waals surface area (Å²) in [5.74, 6) is -0.330. The zero-order chi connectivity index (χ0) is 18.3. The molecule has 0 radical (unpaired) electrons. The van der Waals surface area contributed by atoms with Crippen molar-refractivity contribution in [2.75, 3.05) is 0 Å². The molecule has 1 saturated heterocycles. The van der Waals surface area contributed by atoms with Gasteiger partial charge in [0.2, 0.25) is 5.91 Å². The molecule has 4 nitrogen and oxygen atoms in total. The van der Waals surface area contributed by atoms with E-state index < -0.39 is 16.9 Å². The lowest BCUT2D eigenvalue weighted by Gasteiger charge is -2.46. The Morgan fingerprint density at radius 3 is 2.40 bits per heavy atom. The van der Waals surface area contributed by atoms with Crippen molar-refractivity contribution >= 4 is 11.9 Å². The Balaban J connectivity index is 1.93. The van der Waals surface area contributed by atoms with Crippen molar-refractivity contribution in [2.24, 2.45) is 11.3 Å². The van der Waals surface area contributed by atoms with Crippen molar-refractivity contribution < 1.29 is 14.7 Å². The van der Waals surface area contributed by atoms with Gasteiger partial charge < -0.3 is 10.4 Å². The molecule has 1 aliphatic carbocycles. The average molecular weight is 352 g/mol. The lowest BCUT2D eigenvalue weighted by molar-refractivity contribution is -0.155. The maximum atomic E-state index is 12.3. The highest BCUT2D eigenvalue weighted by molar-refractivity contribution is 5.91. The van der Waals surface area contributed by atoms with Crippen LogP contribution in [0.3, 0.4) is 0 Å². The Morgan fingerprint density at radius 2 is 1.80 bits per heavy atom. The Hall–Kier alpha value is -1.06. The molecule has 1 aliphatic heterocycles. The first kappa shape index (κ1) is 20.3. The maximum absolute atomic E-state index is 12.3. The monoisotopic (exact) mass is 351 g/mol. The van der Waals surface area contributed by atoms with E-state index in [1.165, 1.54) is 38.5 Å². The smallest absolute Gasteiger partial charge is 0.312 e. The first-order chi connectivity index (χ1) is 12.0. The minimum absolute atomic E-state index is 0.0592. The van der Waals surface area contributed by atoms with Gasteiger partial charge in [-0.1, -0.05) is 78.1 Å². The van der Waals surface area contributed by atoms with Gasteiger partial charge in [0, 0.05) is 6.42 Å². The van der Waals surface area contributed by atoms with Gasteiger partial charge in [0.15, 0.2) is 0 Å². The van der Waals surface area contributed by atoms with Crippen LogP contribution < -0.4 is 5.32 Å². The van der Waals surface area contributed by atoms with Crippen LogP contribution in [0.5, 0.6) is 0 Å². The van der Waals surface area contributed by atoms with Crippen molar-refractivity contribution in [3.8, 4) is 0 Å². The fourth-order valence-electron chi connectivity index (χ4n) is 5.25. The lowest BCUT2D eigenvalue weighted by Crippen LogP contribution is -2.58. The van der Waals surface area contributed by atoms with Gasteiger partial charge in [-0.2, -0.15) is 0 Å². The van der Waals surface area contributed by atoms with Crippen molar-refractivity contribution in [3.63, 3.8) is 0 Å². The van der Waals surface area contributed by atoms with E-state index in [4.69, 9.17) is 0 Å². The van der Waals surface area contributed by atoms with Crippen LogP contribution in [0.1, 0.15) is 104 Å². The number of rotatable bonds is 10. The molecule has 3 atom stereocenters. The van der Waals surface area contributed by atoms with Crippen LogP contribution in [-0.4, -0.2) is 22.5 Å². The third kappa shape index (κ3) is 4.57. The highest BCUT2D eigenvalue weighted by atomic mass is 16.4. The molecule has 1 heterocycles. The van der Waals surface area contributed by atoms with E-state index in [-0.39, 0.29) is 12.3 Å². The summed E-state index contributed by atoms with van der Waals surface area (Å²) in [6.45, 7) is 4.42. The number of hydrogen-bond acceptors (Lipinski definition) is 2. The van der Waals surface area contributed by atoms with Gasteiger partial charge in [0.1, 0.15) is 0 Å². The molecule has 2 rings (SSSR count). The summed E-state index contributed by atoms with van der Waals surface area (Å²) < 4.78 is 0. The zero-order valence-electron chi connectivity index (χ0n) is 16.2. The largest absolute Gasteiger partial charge is 0.481 e. The number of unbranched alkanes of at least 4 members (excludes halogenated alkanes) is 7. The average Bonchev–Trinajstić information content (AvgIpc) is 2.82. The first-order valence-corrected chi connectivity index (χ1v) is 10.5. The normalized spacial score (nSPS) is 32.1. The molecule has 0 aromatic carbocycles. The number of carboxylic acid groups (broad SMARTS) is 1. The molecule has 4 heteroatoms. The minimum Gasteiger partial charge on any atom is -0.481 e. The molecule has 3 unspecified atom stereocenters. The predicted molar refractivity (Wildman–Crippen MR) is 100 cm³/mol. The van der Waals surface area contributed by atoms with Gasteiger partial charge in [-0.3, -0.25) is 9.59 Å². The molecular formula is C21H37NO3. The topological polar surface area (TPSA) is 66.4 Å². The van der Waals surface area contributed by atoms with E-state index in [9.17, 15) is 14.7 Å². The molecule has 2 fully saturated rings. The first-order valence-electron chi connectivity index (χ1n) is 10.5. The van der Waals surface area contributed by atoms with Crippen molar-refractivity contribution in [1.29, 1.82) is 0 Å². The maximum Gasteiger partial charge on any atom is 0.312 e. The summed E-state index contributed by atoms with van der Waals surface area (Å²) in [5.41, 5.74) is -1.39. The summed E-state index contributed by atoms with van der Waals surface area (Å²) in [6.07, 6.45) is 14.3. The second kappa shape index (κ2) is 9.05. The van der Waals surface area contributed by atoms with Crippen molar-refractivity contribution in [2.45, 2.75) is 109 Å². The Bertz CT molecular complexity index is 464. The standard InChI is InChI=1S/C21H37NO3/c1-3-4-5-6-7-8-9-10-13-20(19(24)25)16-18(23)22-21(20)14-11-12-17(2)15-21/h17H,3-16H2,1-2H3,(H,22,23)(H,24,25). The van der Waals surface area contributed by atoms with Gasteiger partial charge in [-0.05, 0) is 25.2 Å². The van der Waals surface area contributed by atoms with Crippen molar-refractivity contribution in [1.82, 2.24) is 5.32 Å². The van der Waals surface area contributed by atoms with E-state index in [2.05, 4.69) is 19.2 Å². The fraction of sp³-hybridized carbons (Fsp3) is 0.905. The lowest BCUT2D eigenvalue weighted by atomic mass is 9.59. The second-order valence-electron chi connectivity index (χ2n) is 8.62. The van der Waals surface area contributed by atoms with Crippen LogP contribution in [-0.2, 0) is 9.59 Å². The molecule has 0 aromatic rings. The number of carboxylic acids is 1.